The monoisotopic (exact) mass is 286 g/mol. The van der Waals surface area contributed by atoms with Crippen molar-refractivity contribution < 1.29 is 19.1 Å². The first kappa shape index (κ1) is 16.8. The van der Waals surface area contributed by atoms with Crippen LogP contribution in [0.15, 0.2) is 0 Å². The van der Waals surface area contributed by atoms with Crippen LogP contribution in [0.5, 0.6) is 0 Å². The number of piperidine rings is 1. The molecule has 1 saturated heterocycles. The molecule has 1 fully saturated rings. The van der Waals surface area contributed by atoms with Crippen LogP contribution >= 0.6 is 0 Å². The van der Waals surface area contributed by atoms with Crippen molar-refractivity contribution in [1.82, 2.24) is 10.2 Å². The lowest BCUT2D eigenvalue weighted by molar-refractivity contribution is -0.122. The van der Waals surface area contributed by atoms with E-state index in [1.165, 1.54) is 0 Å². The van der Waals surface area contributed by atoms with Crippen LogP contribution in [0.2, 0.25) is 0 Å². The number of ether oxygens (including phenoxy) is 2. The van der Waals surface area contributed by atoms with Crippen LogP contribution in [0.1, 0.15) is 40.0 Å². The van der Waals surface area contributed by atoms with Crippen molar-refractivity contribution in [2.75, 3.05) is 26.8 Å². The Bertz CT molecular complexity index is 331. The zero-order chi connectivity index (χ0) is 15.2. The molecule has 0 atom stereocenters. The molecule has 0 unspecified atom stereocenters. The fourth-order valence-corrected chi connectivity index (χ4v) is 2.03. The second-order valence-electron chi connectivity index (χ2n) is 6.05. The summed E-state index contributed by atoms with van der Waals surface area (Å²) in [5, 5.41) is 2.96. The molecule has 1 aliphatic rings. The number of hydrogen-bond donors (Lipinski definition) is 1. The first-order chi connectivity index (χ1) is 9.31. The normalized spacial score (nSPS) is 16.9. The van der Waals surface area contributed by atoms with E-state index in [9.17, 15) is 9.59 Å². The smallest absolute Gasteiger partial charge is 0.410 e. The van der Waals surface area contributed by atoms with Crippen LogP contribution in [0.4, 0.5) is 4.79 Å². The van der Waals surface area contributed by atoms with Crippen molar-refractivity contribution in [2.24, 2.45) is 0 Å². The topological polar surface area (TPSA) is 67.9 Å². The maximum Gasteiger partial charge on any atom is 0.410 e. The highest BCUT2D eigenvalue weighted by molar-refractivity contribution is 5.76. The molecule has 20 heavy (non-hydrogen) atoms. The maximum atomic E-state index is 11.9. The van der Waals surface area contributed by atoms with Crippen molar-refractivity contribution >= 4 is 12.0 Å². The van der Waals surface area contributed by atoms with E-state index >= 15 is 0 Å². The molecule has 0 aromatic heterocycles. The first-order valence-electron chi connectivity index (χ1n) is 7.08. The number of amides is 2. The molecule has 2 amide bonds. The molecule has 6 nitrogen and oxygen atoms in total. The fourth-order valence-electron chi connectivity index (χ4n) is 2.03. The van der Waals surface area contributed by atoms with Gasteiger partial charge in [-0.1, -0.05) is 0 Å². The summed E-state index contributed by atoms with van der Waals surface area (Å²) < 4.78 is 10.2. The molecule has 6 heteroatoms. The second kappa shape index (κ2) is 7.47. The fraction of sp³-hybridized carbons (Fsp3) is 0.857. The minimum absolute atomic E-state index is 0.00238. The van der Waals surface area contributed by atoms with Gasteiger partial charge < -0.3 is 19.7 Å². The van der Waals surface area contributed by atoms with Crippen molar-refractivity contribution in [3.8, 4) is 0 Å². The number of carbonyl (C=O) groups is 2. The molecule has 0 bridgehead atoms. The third kappa shape index (κ3) is 6.23. The predicted molar refractivity (Wildman–Crippen MR) is 75.5 cm³/mol. The summed E-state index contributed by atoms with van der Waals surface area (Å²) in [5.74, 6) is 0.00238. The average molecular weight is 286 g/mol. The molecule has 1 aliphatic heterocycles. The van der Waals surface area contributed by atoms with E-state index in [-0.39, 0.29) is 18.0 Å². The van der Waals surface area contributed by atoms with E-state index in [4.69, 9.17) is 9.47 Å². The Hall–Kier alpha value is -1.30. The summed E-state index contributed by atoms with van der Waals surface area (Å²) in [7, 11) is 1.58. The van der Waals surface area contributed by atoms with Crippen LogP contribution in [-0.4, -0.2) is 55.3 Å². The molecule has 0 spiro atoms. The average Bonchev–Trinajstić information content (AvgIpc) is 2.35. The summed E-state index contributed by atoms with van der Waals surface area (Å²) in [4.78, 5) is 25.2. The van der Waals surface area contributed by atoms with E-state index in [0.717, 1.165) is 12.8 Å². The number of nitrogens with zero attached hydrogens (tertiary/aromatic N) is 1. The number of nitrogens with one attached hydrogen (secondary N) is 1. The Morgan fingerprint density at radius 1 is 1.25 bits per heavy atom. The van der Waals surface area contributed by atoms with Gasteiger partial charge in [0.1, 0.15) is 5.60 Å². The highest BCUT2D eigenvalue weighted by Gasteiger charge is 2.27. The van der Waals surface area contributed by atoms with Crippen LogP contribution in [0, 0.1) is 0 Å². The minimum atomic E-state index is -0.470. The Balaban J connectivity index is 2.29. The Morgan fingerprint density at radius 3 is 2.35 bits per heavy atom. The summed E-state index contributed by atoms with van der Waals surface area (Å²) in [6, 6.07) is 0.137. The molecule has 0 saturated carbocycles. The van der Waals surface area contributed by atoms with Crippen LogP contribution < -0.4 is 5.32 Å². The Morgan fingerprint density at radius 2 is 1.85 bits per heavy atom. The third-order valence-corrected chi connectivity index (χ3v) is 3.05. The quantitative estimate of drug-likeness (QED) is 0.851. The highest BCUT2D eigenvalue weighted by atomic mass is 16.6. The molecule has 1 rings (SSSR count). The van der Waals surface area contributed by atoms with Gasteiger partial charge in [0.15, 0.2) is 0 Å². The molecule has 1 heterocycles. The largest absolute Gasteiger partial charge is 0.444 e. The minimum Gasteiger partial charge on any atom is -0.444 e. The van der Waals surface area contributed by atoms with Crippen molar-refractivity contribution in [3.63, 3.8) is 0 Å². The van der Waals surface area contributed by atoms with E-state index in [0.29, 0.717) is 26.1 Å². The van der Waals surface area contributed by atoms with Crippen molar-refractivity contribution in [2.45, 2.75) is 51.7 Å². The number of hydrogen-bond acceptors (Lipinski definition) is 4. The number of rotatable bonds is 4. The van der Waals surface area contributed by atoms with Crippen LogP contribution in [0.3, 0.4) is 0 Å². The van der Waals surface area contributed by atoms with Gasteiger partial charge >= 0.3 is 6.09 Å². The maximum absolute atomic E-state index is 11.9. The zero-order valence-electron chi connectivity index (χ0n) is 12.9. The molecular formula is C14H26N2O4. The van der Waals surface area contributed by atoms with Crippen LogP contribution in [0.25, 0.3) is 0 Å². The van der Waals surface area contributed by atoms with Gasteiger partial charge in [0.2, 0.25) is 5.91 Å². The van der Waals surface area contributed by atoms with E-state index < -0.39 is 5.60 Å². The third-order valence-electron chi connectivity index (χ3n) is 3.05. The van der Waals surface area contributed by atoms with E-state index in [2.05, 4.69) is 5.32 Å². The van der Waals surface area contributed by atoms with Crippen LogP contribution in [-0.2, 0) is 14.3 Å². The summed E-state index contributed by atoms with van der Waals surface area (Å²) in [5.41, 5.74) is -0.470. The van der Waals surface area contributed by atoms with E-state index in [1.54, 1.807) is 12.0 Å². The van der Waals surface area contributed by atoms with Gasteiger partial charge in [-0.3, -0.25) is 4.79 Å². The van der Waals surface area contributed by atoms with Crippen molar-refractivity contribution in [1.29, 1.82) is 0 Å². The molecule has 1 N–H and O–H groups in total. The molecule has 0 aromatic rings. The summed E-state index contributed by atoms with van der Waals surface area (Å²) in [6.45, 7) is 7.23. The van der Waals surface area contributed by atoms with Gasteiger partial charge in [-0.2, -0.15) is 0 Å². The lowest BCUT2D eigenvalue weighted by Gasteiger charge is -2.33. The first-order valence-corrected chi connectivity index (χ1v) is 7.08. The lowest BCUT2D eigenvalue weighted by Crippen LogP contribution is -2.47. The second-order valence-corrected chi connectivity index (χ2v) is 6.05. The standard InChI is InChI=1S/C14H26N2O4/c1-14(2,3)20-13(18)16-8-5-11(6-9-16)15-12(17)7-10-19-4/h11H,5-10H2,1-4H3,(H,15,17). The van der Waals surface area contributed by atoms with Gasteiger partial charge in [0.25, 0.3) is 0 Å². The molecule has 116 valence electrons. The Labute approximate surface area is 120 Å². The van der Waals surface area contributed by atoms with Crippen molar-refractivity contribution in [3.05, 3.63) is 0 Å². The number of methoxy groups -OCH3 is 1. The van der Waals surface area contributed by atoms with Gasteiger partial charge in [-0.15, -0.1) is 0 Å². The predicted octanol–water partition coefficient (Wildman–Crippen LogP) is 1.54. The van der Waals surface area contributed by atoms with Gasteiger partial charge in [0.05, 0.1) is 6.61 Å². The van der Waals surface area contributed by atoms with Gasteiger partial charge in [0, 0.05) is 32.7 Å². The molecule has 0 aliphatic carbocycles. The van der Waals surface area contributed by atoms with E-state index in [1.807, 2.05) is 20.8 Å². The SMILES string of the molecule is COCCC(=O)NC1CCN(C(=O)OC(C)(C)C)CC1. The zero-order valence-corrected chi connectivity index (χ0v) is 12.9. The summed E-state index contributed by atoms with van der Waals surface area (Å²) >= 11 is 0. The Kier molecular flexibility index (Phi) is 6.26. The number of carbonyl (C=O) groups excluding carboxylic acids is 2. The summed E-state index contributed by atoms with van der Waals surface area (Å²) in [6.07, 6.45) is 1.63. The molecule has 0 aromatic carbocycles. The van der Waals surface area contributed by atoms with Gasteiger partial charge in [-0.25, -0.2) is 4.79 Å². The molecule has 0 radical (unpaired) electrons. The number of likely N-dealkylation sites (tertiary alicyclic amines) is 1. The lowest BCUT2D eigenvalue weighted by atomic mass is 10.1. The highest BCUT2D eigenvalue weighted by Crippen LogP contribution is 2.15. The van der Waals surface area contributed by atoms with Gasteiger partial charge in [-0.05, 0) is 33.6 Å². The molecular weight excluding hydrogens is 260 g/mol.